The van der Waals surface area contributed by atoms with E-state index in [2.05, 4.69) is 0 Å². The zero-order valence-corrected chi connectivity index (χ0v) is 5.91. The minimum Gasteiger partial charge on any atom is -0.203 e. The molecule has 1 aromatic carbocycles. The van der Waals surface area contributed by atoms with Gasteiger partial charge in [-0.1, -0.05) is 12.1 Å². The molecule has 0 aromatic heterocycles. The van der Waals surface area contributed by atoms with Gasteiger partial charge in [0.25, 0.3) is 0 Å². The molecule has 0 spiro atoms. The van der Waals surface area contributed by atoms with Gasteiger partial charge in [-0.3, -0.25) is 0 Å². The van der Waals surface area contributed by atoms with E-state index in [0.29, 0.717) is 11.1 Å². The van der Waals surface area contributed by atoms with Crippen molar-refractivity contribution in [2.24, 2.45) is 0 Å². The van der Waals surface area contributed by atoms with Crippen LogP contribution in [0.4, 0.5) is 8.78 Å². The van der Waals surface area contributed by atoms with Crippen LogP contribution in [-0.2, 0) is 0 Å². The predicted octanol–water partition coefficient (Wildman–Crippen LogP) is 2.58. The van der Waals surface area contributed by atoms with Crippen molar-refractivity contribution >= 4 is 0 Å². The van der Waals surface area contributed by atoms with Crippen LogP contribution in [0.15, 0.2) is 12.1 Å². The van der Waals surface area contributed by atoms with Crippen LogP contribution in [0.25, 0.3) is 0 Å². The van der Waals surface area contributed by atoms with Gasteiger partial charge in [0, 0.05) is 0 Å². The number of rotatable bonds is 0. The van der Waals surface area contributed by atoms with Crippen LogP contribution in [0, 0.1) is 25.5 Å². The Hall–Kier alpha value is -0.920. The Balaban J connectivity index is 3.34. The molecule has 0 aliphatic heterocycles. The molecule has 0 amide bonds. The summed E-state index contributed by atoms with van der Waals surface area (Å²) in [5.74, 6) is -1.47. The topological polar surface area (TPSA) is 0 Å². The third-order valence-electron chi connectivity index (χ3n) is 1.47. The summed E-state index contributed by atoms with van der Waals surface area (Å²) in [4.78, 5) is 0. The molecule has 0 fully saturated rings. The Morgan fingerprint density at radius 2 is 1.20 bits per heavy atom. The summed E-state index contributed by atoms with van der Waals surface area (Å²) in [5.41, 5.74) is 0.700. The molecule has 0 N–H and O–H groups in total. The van der Waals surface area contributed by atoms with E-state index in [0.717, 1.165) is 0 Å². The summed E-state index contributed by atoms with van der Waals surface area (Å²) in [6.07, 6.45) is 0. The van der Waals surface area contributed by atoms with Crippen molar-refractivity contribution in [1.82, 2.24) is 0 Å². The van der Waals surface area contributed by atoms with Gasteiger partial charge in [0.2, 0.25) is 0 Å². The monoisotopic (exact) mass is 142 g/mol. The van der Waals surface area contributed by atoms with E-state index in [1.807, 2.05) is 0 Å². The zero-order valence-electron chi connectivity index (χ0n) is 5.91. The first kappa shape index (κ1) is 7.19. The lowest BCUT2D eigenvalue weighted by atomic mass is 10.1. The highest BCUT2D eigenvalue weighted by molar-refractivity contribution is 5.23. The average molecular weight is 142 g/mol. The van der Waals surface area contributed by atoms with E-state index < -0.39 is 11.6 Å². The minimum atomic E-state index is -0.736. The van der Waals surface area contributed by atoms with Crippen molar-refractivity contribution < 1.29 is 8.78 Å². The van der Waals surface area contributed by atoms with Gasteiger partial charge in [0.1, 0.15) is 0 Å². The highest BCUT2D eigenvalue weighted by Crippen LogP contribution is 2.13. The molecule has 0 nitrogen and oxygen atoms in total. The van der Waals surface area contributed by atoms with Crippen LogP contribution in [0.2, 0.25) is 0 Å². The fourth-order valence-corrected chi connectivity index (χ4v) is 0.743. The van der Waals surface area contributed by atoms with Gasteiger partial charge in [0.15, 0.2) is 11.6 Å². The van der Waals surface area contributed by atoms with Gasteiger partial charge in [0.05, 0.1) is 0 Å². The third kappa shape index (κ3) is 1.01. The molecule has 0 aliphatic carbocycles. The lowest BCUT2D eigenvalue weighted by molar-refractivity contribution is 0.497. The molecular weight excluding hydrogens is 134 g/mol. The Bertz CT molecular complexity index is 227. The lowest BCUT2D eigenvalue weighted by Gasteiger charge is -1.99. The number of hydrogen-bond donors (Lipinski definition) is 0. The fourth-order valence-electron chi connectivity index (χ4n) is 0.743. The number of benzene rings is 1. The summed E-state index contributed by atoms with van der Waals surface area (Å²) in [5, 5.41) is 0. The maximum Gasteiger partial charge on any atom is 0.161 e. The molecule has 1 rings (SSSR count). The minimum absolute atomic E-state index is 0.350. The molecule has 54 valence electrons. The highest BCUT2D eigenvalue weighted by atomic mass is 19.2. The number of halogens is 2. The molecule has 1 aromatic rings. The quantitative estimate of drug-likeness (QED) is 0.522. The predicted molar refractivity (Wildman–Crippen MR) is 35.8 cm³/mol. The van der Waals surface area contributed by atoms with Crippen molar-refractivity contribution in [3.63, 3.8) is 0 Å². The SMILES string of the molecule is Cc1ccc(C)c(F)c1F. The molecule has 0 atom stereocenters. The number of hydrogen-bond acceptors (Lipinski definition) is 0. The second-order valence-corrected chi connectivity index (χ2v) is 2.33. The Labute approximate surface area is 58.5 Å². The van der Waals surface area contributed by atoms with Crippen LogP contribution in [0.1, 0.15) is 11.1 Å². The van der Waals surface area contributed by atoms with E-state index in [1.54, 1.807) is 12.1 Å². The van der Waals surface area contributed by atoms with Gasteiger partial charge in [-0.15, -0.1) is 0 Å². The summed E-state index contributed by atoms with van der Waals surface area (Å²) >= 11 is 0. The maximum absolute atomic E-state index is 12.6. The fraction of sp³-hybridized carbons (Fsp3) is 0.250. The Morgan fingerprint density at radius 1 is 0.900 bits per heavy atom. The van der Waals surface area contributed by atoms with Crippen LogP contribution >= 0.6 is 0 Å². The molecule has 2 heteroatoms. The third-order valence-corrected chi connectivity index (χ3v) is 1.47. The normalized spacial score (nSPS) is 10.0. The van der Waals surface area contributed by atoms with Crippen molar-refractivity contribution in [1.29, 1.82) is 0 Å². The van der Waals surface area contributed by atoms with E-state index in [1.165, 1.54) is 13.8 Å². The second kappa shape index (κ2) is 2.37. The van der Waals surface area contributed by atoms with Gasteiger partial charge in [-0.05, 0) is 25.0 Å². The van der Waals surface area contributed by atoms with Crippen molar-refractivity contribution in [3.8, 4) is 0 Å². The summed E-state index contributed by atoms with van der Waals surface area (Å²) in [6.45, 7) is 3.08. The molecule has 0 saturated carbocycles. The van der Waals surface area contributed by atoms with Gasteiger partial charge in [-0.25, -0.2) is 8.78 Å². The zero-order chi connectivity index (χ0) is 7.72. The standard InChI is InChI=1S/C8H8F2/c1-5-3-4-6(2)8(10)7(5)9/h3-4H,1-2H3. The van der Waals surface area contributed by atoms with E-state index in [4.69, 9.17) is 0 Å². The second-order valence-electron chi connectivity index (χ2n) is 2.33. The first-order chi connectivity index (χ1) is 4.63. The van der Waals surface area contributed by atoms with Crippen molar-refractivity contribution in [3.05, 3.63) is 34.9 Å². The van der Waals surface area contributed by atoms with E-state index in [9.17, 15) is 8.78 Å². The van der Waals surface area contributed by atoms with Crippen molar-refractivity contribution in [2.75, 3.05) is 0 Å². The first-order valence-corrected chi connectivity index (χ1v) is 3.04. The summed E-state index contributed by atoms with van der Waals surface area (Å²) in [7, 11) is 0. The molecule has 0 saturated heterocycles. The molecule has 0 aliphatic rings. The number of aryl methyl sites for hydroxylation is 2. The largest absolute Gasteiger partial charge is 0.203 e. The molecular formula is C8H8F2. The highest BCUT2D eigenvalue weighted by Gasteiger charge is 2.05. The molecule has 0 heterocycles. The van der Waals surface area contributed by atoms with Crippen LogP contribution in [-0.4, -0.2) is 0 Å². The Kier molecular flexibility index (Phi) is 1.70. The smallest absolute Gasteiger partial charge is 0.161 e. The van der Waals surface area contributed by atoms with Crippen molar-refractivity contribution in [2.45, 2.75) is 13.8 Å². The molecule has 0 unspecified atom stereocenters. The first-order valence-electron chi connectivity index (χ1n) is 3.04. The van der Waals surface area contributed by atoms with Crippen LogP contribution < -0.4 is 0 Å². The van der Waals surface area contributed by atoms with Gasteiger partial charge in [-0.2, -0.15) is 0 Å². The lowest BCUT2D eigenvalue weighted by Crippen LogP contribution is -1.91. The maximum atomic E-state index is 12.6. The van der Waals surface area contributed by atoms with E-state index in [-0.39, 0.29) is 0 Å². The molecule has 10 heavy (non-hydrogen) atoms. The van der Waals surface area contributed by atoms with Gasteiger partial charge < -0.3 is 0 Å². The average Bonchev–Trinajstić information content (AvgIpc) is 1.93. The summed E-state index contributed by atoms with van der Waals surface area (Å²) < 4.78 is 25.2. The van der Waals surface area contributed by atoms with E-state index >= 15 is 0 Å². The Morgan fingerprint density at radius 3 is 1.50 bits per heavy atom. The summed E-state index contributed by atoms with van der Waals surface area (Å²) in [6, 6.07) is 3.13. The van der Waals surface area contributed by atoms with Crippen LogP contribution in [0.5, 0.6) is 0 Å². The van der Waals surface area contributed by atoms with Gasteiger partial charge >= 0.3 is 0 Å². The molecule has 0 bridgehead atoms. The van der Waals surface area contributed by atoms with Crippen LogP contribution in [0.3, 0.4) is 0 Å². The molecule has 0 radical (unpaired) electrons.